The molecule has 2 aromatic carbocycles. The SMILES string of the molecule is Cc1cc(C)cc(C(O)CNC(=O)Cc2ccc(C(=O)O)c(F)c2)c1. The summed E-state index contributed by atoms with van der Waals surface area (Å²) in [5.74, 6) is -2.62. The van der Waals surface area contributed by atoms with Crippen molar-refractivity contribution in [1.29, 1.82) is 0 Å². The van der Waals surface area contributed by atoms with Crippen molar-refractivity contribution in [3.63, 3.8) is 0 Å². The van der Waals surface area contributed by atoms with E-state index in [-0.39, 0.29) is 18.9 Å². The topological polar surface area (TPSA) is 86.6 Å². The molecule has 0 radical (unpaired) electrons. The predicted molar refractivity (Wildman–Crippen MR) is 90.9 cm³/mol. The van der Waals surface area contributed by atoms with Gasteiger partial charge >= 0.3 is 5.97 Å². The summed E-state index contributed by atoms with van der Waals surface area (Å²) in [7, 11) is 0. The zero-order valence-electron chi connectivity index (χ0n) is 14.0. The van der Waals surface area contributed by atoms with E-state index in [0.29, 0.717) is 5.56 Å². The van der Waals surface area contributed by atoms with Gasteiger partial charge in [-0.25, -0.2) is 9.18 Å². The van der Waals surface area contributed by atoms with Gasteiger partial charge in [-0.1, -0.05) is 35.4 Å². The molecule has 0 aliphatic heterocycles. The first-order valence-corrected chi connectivity index (χ1v) is 7.81. The molecule has 1 atom stereocenters. The number of rotatable bonds is 6. The maximum absolute atomic E-state index is 13.6. The van der Waals surface area contributed by atoms with Crippen molar-refractivity contribution >= 4 is 11.9 Å². The van der Waals surface area contributed by atoms with Crippen LogP contribution in [0.5, 0.6) is 0 Å². The van der Waals surface area contributed by atoms with E-state index in [9.17, 15) is 19.1 Å². The van der Waals surface area contributed by atoms with Crippen LogP contribution >= 0.6 is 0 Å². The Labute approximate surface area is 145 Å². The number of carbonyl (C=O) groups excluding carboxylic acids is 1. The van der Waals surface area contributed by atoms with Crippen molar-refractivity contribution < 1.29 is 24.2 Å². The van der Waals surface area contributed by atoms with Crippen molar-refractivity contribution in [1.82, 2.24) is 5.32 Å². The van der Waals surface area contributed by atoms with Crippen LogP contribution in [0.4, 0.5) is 4.39 Å². The fourth-order valence-corrected chi connectivity index (χ4v) is 2.62. The first kappa shape index (κ1) is 18.6. The van der Waals surface area contributed by atoms with Crippen LogP contribution in [0.1, 0.15) is 38.7 Å². The lowest BCUT2D eigenvalue weighted by molar-refractivity contribution is -0.120. The van der Waals surface area contributed by atoms with Crippen LogP contribution in [0.15, 0.2) is 36.4 Å². The molecule has 132 valence electrons. The van der Waals surface area contributed by atoms with E-state index in [0.717, 1.165) is 28.8 Å². The quantitative estimate of drug-likeness (QED) is 0.751. The second kappa shape index (κ2) is 7.90. The number of amides is 1. The Bertz CT molecular complexity index is 784. The third kappa shape index (κ3) is 5.12. The minimum absolute atomic E-state index is 0.0391. The molecule has 0 heterocycles. The third-order valence-electron chi connectivity index (χ3n) is 3.75. The molecule has 1 amide bonds. The number of carbonyl (C=O) groups is 2. The van der Waals surface area contributed by atoms with Crippen molar-refractivity contribution in [3.8, 4) is 0 Å². The average Bonchev–Trinajstić information content (AvgIpc) is 2.51. The highest BCUT2D eigenvalue weighted by Gasteiger charge is 2.14. The standard InChI is InChI=1S/C19H20FNO4/c1-11-5-12(2)7-14(6-11)17(22)10-21-18(23)9-13-3-4-15(19(24)25)16(20)8-13/h3-8,17,22H,9-10H2,1-2H3,(H,21,23)(H,24,25). The third-order valence-corrected chi connectivity index (χ3v) is 3.75. The molecule has 0 fully saturated rings. The summed E-state index contributed by atoms with van der Waals surface area (Å²) in [6.45, 7) is 3.89. The number of benzene rings is 2. The van der Waals surface area contributed by atoms with Crippen molar-refractivity contribution in [2.45, 2.75) is 26.4 Å². The molecule has 0 bridgehead atoms. The van der Waals surface area contributed by atoms with Crippen molar-refractivity contribution in [2.75, 3.05) is 6.54 Å². The monoisotopic (exact) mass is 345 g/mol. The molecule has 5 nitrogen and oxygen atoms in total. The minimum atomic E-state index is -1.36. The highest BCUT2D eigenvalue weighted by molar-refractivity contribution is 5.88. The highest BCUT2D eigenvalue weighted by Crippen LogP contribution is 2.16. The molecule has 3 N–H and O–H groups in total. The maximum Gasteiger partial charge on any atom is 0.338 e. The summed E-state index contributed by atoms with van der Waals surface area (Å²) in [4.78, 5) is 22.7. The van der Waals surface area contributed by atoms with Crippen LogP contribution in [0.25, 0.3) is 0 Å². The van der Waals surface area contributed by atoms with E-state index in [4.69, 9.17) is 5.11 Å². The van der Waals surface area contributed by atoms with Gasteiger partial charge in [0.25, 0.3) is 0 Å². The number of hydrogen-bond acceptors (Lipinski definition) is 3. The van der Waals surface area contributed by atoms with E-state index >= 15 is 0 Å². The number of aliphatic hydroxyl groups excluding tert-OH is 1. The van der Waals surface area contributed by atoms with Gasteiger partial charge in [0, 0.05) is 6.54 Å². The second-order valence-corrected chi connectivity index (χ2v) is 6.04. The number of carboxylic acids is 1. The molecular formula is C19H20FNO4. The number of carboxylic acid groups (broad SMARTS) is 1. The fraction of sp³-hybridized carbons (Fsp3) is 0.263. The Morgan fingerprint density at radius 3 is 2.32 bits per heavy atom. The summed E-state index contributed by atoms with van der Waals surface area (Å²) in [6.07, 6.45) is -0.940. The van der Waals surface area contributed by atoms with E-state index in [1.165, 1.54) is 6.07 Å². The molecule has 0 aliphatic rings. The van der Waals surface area contributed by atoms with Gasteiger partial charge in [0.15, 0.2) is 0 Å². The van der Waals surface area contributed by atoms with Crippen molar-refractivity contribution in [2.24, 2.45) is 0 Å². The first-order chi connectivity index (χ1) is 11.8. The Morgan fingerprint density at radius 1 is 1.12 bits per heavy atom. The molecule has 6 heteroatoms. The first-order valence-electron chi connectivity index (χ1n) is 7.81. The number of aliphatic hydroxyl groups is 1. The molecule has 25 heavy (non-hydrogen) atoms. The van der Waals surface area contributed by atoms with Gasteiger partial charge in [-0.3, -0.25) is 4.79 Å². The molecule has 0 aromatic heterocycles. The van der Waals surface area contributed by atoms with Gasteiger partial charge in [0.05, 0.1) is 18.1 Å². The van der Waals surface area contributed by atoms with Gasteiger partial charge in [-0.15, -0.1) is 0 Å². The lowest BCUT2D eigenvalue weighted by Crippen LogP contribution is -2.29. The fourth-order valence-electron chi connectivity index (χ4n) is 2.62. The summed E-state index contributed by atoms with van der Waals surface area (Å²) in [5.41, 5.74) is 2.69. The Kier molecular flexibility index (Phi) is 5.88. The number of hydrogen-bond donors (Lipinski definition) is 3. The predicted octanol–water partition coefficient (Wildman–Crippen LogP) is 2.53. The summed E-state index contributed by atoms with van der Waals surface area (Å²) in [6, 6.07) is 9.25. The Hall–Kier alpha value is -2.73. The molecule has 1 unspecified atom stereocenters. The van der Waals surface area contributed by atoms with Crippen molar-refractivity contribution in [3.05, 3.63) is 70.0 Å². The minimum Gasteiger partial charge on any atom is -0.478 e. The number of aryl methyl sites for hydroxylation is 2. The molecule has 0 saturated carbocycles. The molecule has 0 spiro atoms. The molecule has 2 aromatic rings. The lowest BCUT2D eigenvalue weighted by atomic mass is 10.0. The smallest absolute Gasteiger partial charge is 0.338 e. The normalized spacial score (nSPS) is 11.8. The summed E-state index contributed by atoms with van der Waals surface area (Å²) in [5, 5.41) is 21.6. The van der Waals surface area contributed by atoms with Crippen LogP contribution in [0.2, 0.25) is 0 Å². The van der Waals surface area contributed by atoms with Crippen LogP contribution < -0.4 is 5.32 Å². The van der Waals surface area contributed by atoms with E-state index < -0.39 is 23.5 Å². The van der Waals surface area contributed by atoms with Crippen LogP contribution in [0.3, 0.4) is 0 Å². The zero-order valence-corrected chi connectivity index (χ0v) is 14.0. The Morgan fingerprint density at radius 2 is 1.76 bits per heavy atom. The van der Waals surface area contributed by atoms with E-state index in [2.05, 4.69) is 5.32 Å². The van der Waals surface area contributed by atoms with Gasteiger partial charge in [0.1, 0.15) is 5.82 Å². The van der Waals surface area contributed by atoms with Gasteiger partial charge in [0.2, 0.25) is 5.91 Å². The molecule has 0 saturated heterocycles. The van der Waals surface area contributed by atoms with E-state index in [1.54, 1.807) is 0 Å². The molecular weight excluding hydrogens is 325 g/mol. The number of halogens is 1. The van der Waals surface area contributed by atoms with Gasteiger partial charge < -0.3 is 15.5 Å². The Balaban J connectivity index is 1.94. The van der Waals surface area contributed by atoms with Gasteiger partial charge in [-0.2, -0.15) is 0 Å². The van der Waals surface area contributed by atoms with Crippen LogP contribution in [-0.4, -0.2) is 28.6 Å². The van der Waals surface area contributed by atoms with Crippen LogP contribution in [-0.2, 0) is 11.2 Å². The lowest BCUT2D eigenvalue weighted by Gasteiger charge is -2.14. The second-order valence-electron chi connectivity index (χ2n) is 6.04. The van der Waals surface area contributed by atoms with E-state index in [1.807, 2.05) is 32.0 Å². The maximum atomic E-state index is 13.6. The highest BCUT2D eigenvalue weighted by atomic mass is 19.1. The number of aromatic carboxylic acids is 1. The molecule has 0 aliphatic carbocycles. The largest absolute Gasteiger partial charge is 0.478 e. The summed E-state index contributed by atoms with van der Waals surface area (Å²) < 4.78 is 13.6. The number of nitrogens with one attached hydrogen (secondary N) is 1. The van der Waals surface area contributed by atoms with Crippen LogP contribution in [0, 0.1) is 19.7 Å². The average molecular weight is 345 g/mol. The zero-order chi connectivity index (χ0) is 18.6. The summed E-state index contributed by atoms with van der Waals surface area (Å²) >= 11 is 0. The van der Waals surface area contributed by atoms with Gasteiger partial charge in [-0.05, 0) is 37.1 Å². The molecule has 2 rings (SSSR count).